The molecule has 0 aliphatic carbocycles. The first kappa shape index (κ1) is 22.0. The number of anilines is 1. The average molecular weight is 362 g/mol. The van der Waals surface area contributed by atoms with E-state index in [1.165, 1.54) is 32.4 Å². The molecule has 23 heavy (non-hydrogen) atoms. The number of nitrogens with one attached hydrogen (secondary N) is 1. The zero-order valence-electron chi connectivity index (χ0n) is 13.8. The minimum absolute atomic E-state index is 0. The lowest BCUT2D eigenvalue weighted by Crippen LogP contribution is -2.43. The van der Waals surface area contributed by atoms with Gasteiger partial charge in [0.2, 0.25) is 5.91 Å². The van der Waals surface area contributed by atoms with E-state index < -0.39 is 0 Å². The zero-order valence-corrected chi connectivity index (χ0v) is 15.4. The lowest BCUT2D eigenvalue weighted by Gasteiger charge is -2.29. The van der Waals surface area contributed by atoms with Gasteiger partial charge in [-0.15, -0.1) is 24.8 Å². The van der Waals surface area contributed by atoms with Crippen LogP contribution in [-0.4, -0.2) is 36.5 Å². The Balaban J connectivity index is 0.00000242. The predicted molar refractivity (Wildman–Crippen MR) is 102 cm³/mol. The third kappa shape index (κ3) is 7.91. The molecule has 1 heterocycles. The summed E-state index contributed by atoms with van der Waals surface area (Å²) in [6.07, 6.45) is 5.12. The Kier molecular flexibility index (Phi) is 11.1. The Morgan fingerprint density at radius 3 is 2.52 bits per heavy atom. The van der Waals surface area contributed by atoms with Crippen molar-refractivity contribution in [2.45, 2.75) is 45.1 Å². The Labute approximate surface area is 152 Å². The van der Waals surface area contributed by atoms with E-state index in [4.69, 9.17) is 5.73 Å². The number of piperidine rings is 1. The highest BCUT2D eigenvalue weighted by atomic mass is 35.5. The molecule has 0 aromatic heterocycles. The third-order valence-corrected chi connectivity index (χ3v) is 4.06. The van der Waals surface area contributed by atoms with Crippen molar-refractivity contribution >= 4 is 36.4 Å². The molecule has 4 nitrogen and oxygen atoms in total. The van der Waals surface area contributed by atoms with Gasteiger partial charge in [0.15, 0.2) is 0 Å². The molecule has 3 N–H and O–H groups in total. The van der Waals surface area contributed by atoms with E-state index in [0.29, 0.717) is 12.8 Å². The molecule has 1 fully saturated rings. The SMILES string of the molecule is CC(CN1CCCCC1)NC(=O)CCc1ccccc1N.Cl.Cl. The third-order valence-electron chi connectivity index (χ3n) is 4.06. The summed E-state index contributed by atoms with van der Waals surface area (Å²) < 4.78 is 0. The molecule has 1 saturated heterocycles. The molecule has 2 rings (SSSR count). The number of carbonyl (C=O) groups excluding carboxylic acids is 1. The van der Waals surface area contributed by atoms with Gasteiger partial charge in [-0.3, -0.25) is 4.79 Å². The maximum atomic E-state index is 12.0. The minimum atomic E-state index is 0. The number of nitrogens with zero attached hydrogens (tertiary/aromatic N) is 1. The zero-order chi connectivity index (χ0) is 15.1. The molecular formula is C17H29Cl2N3O. The van der Waals surface area contributed by atoms with Gasteiger partial charge in [0.05, 0.1) is 0 Å². The van der Waals surface area contributed by atoms with E-state index in [1.807, 2.05) is 24.3 Å². The maximum Gasteiger partial charge on any atom is 0.220 e. The van der Waals surface area contributed by atoms with E-state index in [0.717, 1.165) is 17.8 Å². The summed E-state index contributed by atoms with van der Waals surface area (Å²) in [5, 5.41) is 3.10. The Bertz CT molecular complexity index is 465. The molecule has 1 unspecified atom stereocenters. The molecule has 1 amide bonds. The monoisotopic (exact) mass is 361 g/mol. The van der Waals surface area contributed by atoms with Gasteiger partial charge >= 0.3 is 0 Å². The van der Waals surface area contributed by atoms with Crippen LogP contribution in [0.5, 0.6) is 0 Å². The number of carbonyl (C=O) groups is 1. The number of para-hydroxylation sites is 1. The fourth-order valence-corrected chi connectivity index (χ4v) is 2.93. The minimum Gasteiger partial charge on any atom is -0.399 e. The van der Waals surface area contributed by atoms with Gasteiger partial charge in [0.25, 0.3) is 0 Å². The second-order valence-corrected chi connectivity index (χ2v) is 6.03. The number of amides is 1. The van der Waals surface area contributed by atoms with Gasteiger partial charge in [-0.1, -0.05) is 24.6 Å². The summed E-state index contributed by atoms with van der Waals surface area (Å²) in [6, 6.07) is 7.96. The van der Waals surface area contributed by atoms with E-state index in [-0.39, 0.29) is 36.8 Å². The van der Waals surface area contributed by atoms with Crippen molar-refractivity contribution in [3.05, 3.63) is 29.8 Å². The Hall–Kier alpha value is -0.970. The van der Waals surface area contributed by atoms with Crippen LogP contribution in [0.4, 0.5) is 5.69 Å². The Morgan fingerprint density at radius 1 is 1.22 bits per heavy atom. The second kappa shape index (κ2) is 11.5. The van der Waals surface area contributed by atoms with Crippen molar-refractivity contribution in [2.24, 2.45) is 0 Å². The van der Waals surface area contributed by atoms with Crippen LogP contribution in [0.2, 0.25) is 0 Å². The van der Waals surface area contributed by atoms with Crippen LogP contribution in [0.1, 0.15) is 38.2 Å². The van der Waals surface area contributed by atoms with Crippen molar-refractivity contribution < 1.29 is 4.79 Å². The van der Waals surface area contributed by atoms with Gasteiger partial charge in [-0.25, -0.2) is 0 Å². The van der Waals surface area contributed by atoms with Crippen LogP contribution >= 0.6 is 24.8 Å². The average Bonchev–Trinajstić information content (AvgIpc) is 2.47. The van der Waals surface area contributed by atoms with E-state index in [1.54, 1.807) is 0 Å². The first-order chi connectivity index (χ1) is 10.1. The van der Waals surface area contributed by atoms with Crippen LogP contribution in [0.3, 0.4) is 0 Å². The van der Waals surface area contributed by atoms with Gasteiger partial charge in [0, 0.05) is 24.7 Å². The van der Waals surface area contributed by atoms with E-state index in [9.17, 15) is 4.79 Å². The smallest absolute Gasteiger partial charge is 0.220 e. The van der Waals surface area contributed by atoms with Crippen molar-refractivity contribution in [1.82, 2.24) is 10.2 Å². The molecule has 0 bridgehead atoms. The summed E-state index contributed by atoms with van der Waals surface area (Å²) in [7, 11) is 0. The molecule has 6 heteroatoms. The normalized spacial score (nSPS) is 15.9. The van der Waals surface area contributed by atoms with Crippen LogP contribution in [0.15, 0.2) is 24.3 Å². The van der Waals surface area contributed by atoms with Crippen LogP contribution in [-0.2, 0) is 11.2 Å². The fraction of sp³-hybridized carbons (Fsp3) is 0.588. The van der Waals surface area contributed by atoms with Crippen molar-refractivity contribution in [1.29, 1.82) is 0 Å². The first-order valence-corrected chi connectivity index (χ1v) is 8.00. The van der Waals surface area contributed by atoms with E-state index >= 15 is 0 Å². The number of rotatable bonds is 6. The molecule has 1 aromatic carbocycles. The maximum absolute atomic E-state index is 12.0. The van der Waals surface area contributed by atoms with Crippen molar-refractivity contribution in [3.8, 4) is 0 Å². The predicted octanol–water partition coefficient (Wildman–Crippen LogP) is 3.04. The number of likely N-dealkylation sites (tertiary alicyclic amines) is 1. The summed E-state index contributed by atoms with van der Waals surface area (Å²) in [6.45, 7) is 5.38. The summed E-state index contributed by atoms with van der Waals surface area (Å²) in [5.41, 5.74) is 7.72. The van der Waals surface area contributed by atoms with Crippen LogP contribution in [0, 0.1) is 0 Å². The highest BCUT2D eigenvalue weighted by molar-refractivity contribution is 5.85. The molecule has 132 valence electrons. The van der Waals surface area contributed by atoms with Gasteiger partial charge in [-0.2, -0.15) is 0 Å². The van der Waals surface area contributed by atoms with Gasteiger partial charge in [-0.05, 0) is 50.9 Å². The number of hydrogen-bond acceptors (Lipinski definition) is 3. The molecule has 1 aliphatic rings. The summed E-state index contributed by atoms with van der Waals surface area (Å²) >= 11 is 0. The molecule has 0 radical (unpaired) electrons. The summed E-state index contributed by atoms with van der Waals surface area (Å²) in [5.74, 6) is 0.114. The largest absolute Gasteiger partial charge is 0.399 e. The molecular weight excluding hydrogens is 333 g/mol. The number of benzene rings is 1. The fourth-order valence-electron chi connectivity index (χ4n) is 2.93. The quantitative estimate of drug-likeness (QED) is 0.765. The first-order valence-electron chi connectivity index (χ1n) is 8.00. The number of hydrogen-bond donors (Lipinski definition) is 2. The van der Waals surface area contributed by atoms with Crippen molar-refractivity contribution in [3.63, 3.8) is 0 Å². The number of nitrogen functional groups attached to an aromatic ring is 1. The molecule has 0 spiro atoms. The van der Waals surface area contributed by atoms with Gasteiger partial charge < -0.3 is 16.0 Å². The highest BCUT2D eigenvalue weighted by Crippen LogP contribution is 2.13. The number of nitrogens with two attached hydrogens (primary N) is 1. The standard InChI is InChI=1S/C17H27N3O.2ClH/c1-14(13-20-11-5-2-6-12-20)19-17(21)10-9-15-7-3-4-8-16(15)18;;/h3-4,7-8,14H,2,5-6,9-13,18H2,1H3,(H,19,21);2*1H. The molecule has 1 aliphatic heterocycles. The number of halogens is 2. The van der Waals surface area contributed by atoms with Gasteiger partial charge in [0.1, 0.15) is 0 Å². The molecule has 0 saturated carbocycles. The number of aryl methyl sites for hydroxylation is 1. The van der Waals surface area contributed by atoms with E-state index in [2.05, 4.69) is 17.1 Å². The molecule has 1 atom stereocenters. The van der Waals surface area contributed by atoms with Crippen LogP contribution < -0.4 is 11.1 Å². The Morgan fingerprint density at radius 2 is 1.87 bits per heavy atom. The lowest BCUT2D eigenvalue weighted by molar-refractivity contribution is -0.121. The van der Waals surface area contributed by atoms with Crippen LogP contribution in [0.25, 0.3) is 0 Å². The summed E-state index contributed by atoms with van der Waals surface area (Å²) in [4.78, 5) is 14.5. The topological polar surface area (TPSA) is 58.4 Å². The van der Waals surface area contributed by atoms with Crippen molar-refractivity contribution in [2.75, 3.05) is 25.4 Å². The lowest BCUT2D eigenvalue weighted by atomic mass is 10.1. The highest BCUT2D eigenvalue weighted by Gasteiger charge is 2.15. The second-order valence-electron chi connectivity index (χ2n) is 6.03. The molecule has 1 aromatic rings.